The third-order valence-electron chi connectivity index (χ3n) is 4.83. The monoisotopic (exact) mass is 366 g/mol. The van der Waals surface area contributed by atoms with Gasteiger partial charge in [-0.25, -0.2) is 0 Å². The van der Waals surface area contributed by atoms with Gasteiger partial charge < -0.3 is 19.7 Å². The van der Waals surface area contributed by atoms with Crippen molar-refractivity contribution in [1.29, 1.82) is 0 Å². The Morgan fingerprint density at radius 2 is 2.15 bits per heavy atom. The van der Waals surface area contributed by atoms with Crippen LogP contribution in [0.5, 0.6) is 11.5 Å². The molecular weight excluding hydrogens is 348 g/mol. The van der Waals surface area contributed by atoms with Crippen LogP contribution in [0.3, 0.4) is 0 Å². The molecule has 9 nitrogen and oxygen atoms in total. The van der Waals surface area contributed by atoms with Crippen LogP contribution in [0.2, 0.25) is 0 Å². The molecule has 1 fully saturated rings. The van der Waals surface area contributed by atoms with Crippen LogP contribution in [0.25, 0.3) is 5.65 Å². The minimum atomic E-state index is 0.00272. The van der Waals surface area contributed by atoms with Gasteiger partial charge in [-0.05, 0) is 36.2 Å². The van der Waals surface area contributed by atoms with Gasteiger partial charge in [0.2, 0.25) is 12.7 Å². The summed E-state index contributed by atoms with van der Waals surface area (Å²) in [6.45, 7) is 1.81. The maximum Gasteiger partial charge on any atom is 0.231 e. The van der Waals surface area contributed by atoms with E-state index < -0.39 is 0 Å². The Hall–Kier alpha value is -3.36. The smallest absolute Gasteiger partial charge is 0.231 e. The van der Waals surface area contributed by atoms with E-state index in [4.69, 9.17) is 9.47 Å². The van der Waals surface area contributed by atoms with Crippen molar-refractivity contribution in [2.24, 2.45) is 0 Å². The predicted molar refractivity (Wildman–Crippen MR) is 95.8 cm³/mol. The highest BCUT2D eigenvalue weighted by molar-refractivity contribution is 5.79. The molecule has 0 unspecified atom stereocenters. The van der Waals surface area contributed by atoms with Crippen molar-refractivity contribution >= 4 is 17.4 Å². The second-order valence-corrected chi connectivity index (χ2v) is 6.69. The number of carbonyl (C=O) groups excluding carboxylic acids is 1. The van der Waals surface area contributed by atoms with Gasteiger partial charge in [-0.2, -0.15) is 4.52 Å². The van der Waals surface area contributed by atoms with Crippen LogP contribution in [0.1, 0.15) is 12.0 Å². The van der Waals surface area contributed by atoms with Gasteiger partial charge in [-0.15, -0.1) is 15.3 Å². The molecule has 0 aliphatic carbocycles. The fourth-order valence-corrected chi connectivity index (χ4v) is 3.49. The highest BCUT2D eigenvalue weighted by Crippen LogP contribution is 2.32. The van der Waals surface area contributed by atoms with Gasteiger partial charge in [0.05, 0.1) is 6.42 Å². The van der Waals surface area contributed by atoms with Crippen molar-refractivity contribution in [1.82, 2.24) is 25.1 Å². The van der Waals surface area contributed by atoms with Gasteiger partial charge in [0.25, 0.3) is 0 Å². The number of fused-ring (bicyclic) bond motifs is 2. The maximum atomic E-state index is 12.4. The van der Waals surface area contributed by atoms with Gasteiger partial charge in [-0.1, -0.05) is 6.07 Å². The zero-order chi connectivity index (χ0) is 18.2. The third kappa shape index (κ3) is 3.12. The van der Waals surface area contributed by atoms with Crippen LogP contribution in [0.15, 0.2) is 36.7 Å². The number of carbonyl (C=O) groups is 1. The molecule has 3 aromatic rings. The van der Waals surface area contributed by atoms with Crippen molar-refractivity contribution in [3.63, 3.8) is 0 Å². The molecule has 9 heteroatoms. The summed E-state index contributed by atoms with van der Waals surface area (Å²) >= 11 is 0. The number of hydrogen-bond donors (Lipinski definition) is 1. The molecule has 0 saturated carbocycles. The van der Waals surface area contributed by atoms with Gasteiger partial charge in [0.1, 0.15) is 12.1 Å². The maximum absolute atomic E-state index is 12.4. The summed E-state index contributed by atoms with van der Waals surface area (Å²) in [5.74, 6) is 2.28. The summed E-state index contributed by atoms with van der Waals surface area (Å²) in [6, 6.07) is 9.52. The lowest BCUT2D eigenvalue weighted by Gasteiger charge is -2.17. The summed E-state index contributed by atoms with van der Waals surface area (Å²) in [5.41, 5.74) is 1.62. The van der Waals surface area contributed by atoms with Crippen LogP contribution >= 0.6 is 0 Å². The number of ether oxygens (including phenoxy) is 2. The molecule has 1 atom stereocenters. The largest absolute Gasteiger partial charge is 0.454 e. The van der Waals surface area contributed by atoms with Crippen molar-refractivity contribution in [2.45, 2.75) is 18.9 Å². The molecule has 138 valence electrons. The van der Waals surface area contributed by atoms with E-state index in [0.29, 0.717) is 17.8 Å². The van der Waals surface area contributed by atoms with Crippen molar-refractivity contribution in [3.8, 4) is 11.5 Å². The number of nitrogens with zero attached hydrogens (tertiary/aromatic N) is 5. The molecule has 0 radical (unpaired) electrons. The highest BCUT2D eigenvalue weighted by atomic mass is 16.7. The van der Waals surface area contributed by atoms with E-state index in [-0.39, 0.29) is 18.7 Å². The number of nitrogens with one attached hydrogen (secondary N) is 1. The predicted octanol–water partition coefficient (Wildman–Crippen LogP) is 0.791. The number of rotatable bonds is 4. The molecule has 2 aliphatic heterocycles. The molecule has 4 heterocycles. The van der Waals surface area contributed by atoms with Crippen LogP contribution in [0.4, 0.5) is 5.82 Å². The fraction of sp³-hybridized carbons (Fsp3) is 0.333. The fourth-order valence-electron chi connectivity index (χ4n) is 3.49. The summed E-state index contributed by atoms with van der Waals surface area (Å²) in [7, 11) is 0. The molecule has 1 N–H and O–H groups in total. The molecule has 2 aliphatic rings. The molecule has 0 spiro atoms. The molecule has 0 bridgehead atoms. The Kier molecular flexibility index (Phi) is 3.77. The van der Waals surface area contributed by atoms with Crippen LogP contribution in [-0.2, 0) is 11.2 Å². The average molecular weight is 366 g/mol. The Labute approximate surface area is 154 Å². The van der Waals surface area contributed by atoms with E-state index >= 15 is 0 Å². The quantitative estimate of drug-likeness (QED) is 0.730. The number of hydrogen-bond acceptors (Lipinski definition) is 7. The first kappa shape index (κ1) is 15.9. The molecular formula is C18H18N6O3. The molecule has 2 aromatic heterocycles. The zero-order valence-electron chi connectivity index (χ0n) is 14.5. The summed E-state index contributed by atoms with van der Waals surface area (Å²) < 4.78 is 12.3. The Morgan fingerprint density at radius 3 is 3.11 bits per heavy atom. The van der Waals surface area contributed by atoms with Crippen LogP contribution in [0, 0.1) is 0 Å². The van der Waals surface area contributed by atoms with Crippen LogP contribution < -0.4 is 19.7 Å². The standard InChI is InChI=1S/C18H18N6O3/c25-18(8-12-1-2-14-15(7-12)27-11-26-14)20-13-5-6-23(9-13)17-4-3-16-21-19-10-24(16)22-17/h1-4,7,10,13H,5-6,8-9,11H2,(H,20,25)/t13-/m0/s1. The van der Waals surface area contributed by atoms with Gasteiger partial charge >= 0.3 is 0 Å². The minimum absolute atomic E-state index is 0.00272. The molecule has 5 rings (SSSR count). The molecule has 1 aromatic carbocycles. The lowest BCUT2D eigenvalue weighted by molar-refractivity contribution is -0.121. The van der Waals surface area contributed by atoms with Crippen molar-refractivity contribution < 1.29 is 14.3 Å². The Morgan fingerprint density at radius 1 is 1.22 bits per heavy atom. The lowest BCUT2D eigenvalue weighted by Crippen LogP contribution is -2.38. The first-order valence-electron chi connectivity index (χ1n) is 8.84. The van der Waals surface area contributed by atoms with E-state index in [1.165, 1.54) is 0 Å². The normalized spacial score (nSPS) is 18.2. The zero-order valence-corrected chi connectivity index (χ0v) is 14.5. The van der Waals surface area contributed by atoms with E-state index in [1.807, 2.05) is 30.3 Å². The number of benzene rings is 1. The summed E-state index contributed by atoms with van der Waals surface area (Å²) in [6.07, 6.45) is 2.78. The summed E-state index contributed by atoms with van der Waals surface area (Å²) in [5, 5.41) is 15.4. The third-order valence-corrected chi connectivity index (χ3v) is 4.83. The van der Waals surface area contributed by atoms with E-state index in [0.717, 1.165) is 36.6 Å². The highest BCUT2D eigenvalue weighted by Gasteiger charge is 2.25. The number of anilines is 1. The SMILES string of the molecule is O=C(Cc1ccc2c(c1)OCO2)N[C@H]1CCN(c2ccc3nncn3n2)C1. The molecule has 27 heavy (non-hydrogen) atoms. The first-order valence-corrected chi connectivity index (χ1v) is 8.84. The second-order valence-electron chi connectivity index (χ2n) is 6.69. The van der Waals surface area contributed by atoms with Gasteiger partial charge in [-0.3, -0.25) is 4.79 Å². The van der Waals surface area contributed by atoms with E-state index in [2.05, 4.69) is 25.5 Å². The van der Waals surface area contributed by atoms with Gasteiger partial charge in [0.15, 0.2) is 17.1 Å². The molecule has 1 amide bonds. The van der Waals surface area contributed by atoms with E-state index in [1.54, 1.807) is 10.8 Å². The summed E-state index contributed by atoms with van der Waals surface area (Å²) in [4.78, 5) is 14.6. The lowest BCUT2D eigenvalue weighted by atomic mass is 10.1. The van der Waals surface area contributed by atoms with E-state index in [9.17, 15) is 4.79 Å². The van der Waals surface area contributed by atoms with Crippen molar-refractivity contribution in [2.75, 3.05) is 24.8 Å². The Balaban J connectivity index is 1.20. The van der Waals surface area contributed by atoms with Crippen molar-refractivity contribution in [3.05, 3.63) is 42.2 Å². The van der Waals surface area contributed by atoms with Crippen LogP contribution in [-0.4, -0.2) is 51.6 Å². The number of amides is 1. The Bertz CT molecular complexity index is 1000. The topological polar surface area (TPSA) is 93.9 Å². The molecule has 1 saturated heterocycles. The average Bonchev–Trinajstić information content (AvgIpc) is 3.40. The minimum Gasteiger partial charge on any atom is -0.454 e. The number of aromatic nitrogens is 4. The first-order chi connectivity index (χ1) is 13.2. The van der Waals surface area contributed by atoms with Gasteiger partial charge in [0, 0.05) is 19.1 Å². The second kappa shape index (κ2) is 6.42.